The van der Waals surface area contributed by atoms with E-state index in [-0.39, 0.29) is 19.0 Å². The number of aliphatic hydroxyl groups excluding tert-OH is 1. The SMILES string of the molecule is Cc1c(C(=O)O)oc2cccc(OCCO)c12. The van der Waals surface area contributed by atoms with E-state index in [1.807, 2.05) is 0 Å². The molecular formula is C12H12O5. The van der Waals surface area contributed by atoms with Crippen LogP contribution in [0.25, 0.3) is 11.0 Å². The predicted molar refractivity (Wildman–Crippen MR) is 60.5 cm³/mol. The van der Waals surface area contributed by atoms with Crippen LogP contribution in [-0.4, -0.2) is 29.4 Å². The largest absolute Gasteiger partial charge is 0.490 e. The minimum atomic E-state index is -1.10. The van der Waals surface area contributed by atoms with Crippen LogP contribution in [0.3, 0.4) is 0 Å². The van der Waals surface area contributed by atoms with Crippen LogP contribution in [0.2, 0.25) is 0 Å². The van der Waals surface area contributed by atoms with E-state index < -0.39 is 5.97 Å². The fourth-order valence-electron chi connectivity index (χ4n) is 1.75. The Bertz CT molecular complexity index is 555. The number of aromatic carboxylic acids is 1. The average Bonchev–Trinajstić information content (AvgIpc) is 2.65. The van der Waals surface area contributed by atoms with Gasteiger partial charge in [-0.15, -0.1) is 0 Å². The number of carboxylic acids is 1. The van der Waals surface area contributed by atoms with Crippen LogP contribution >= 0.6 is 0 Å². The maximum atomic E-state index is 10.9. The molecule has 1 aromatic heterocycles. The summed E-state index contributed by atoms with van der Waals surface area (Å²) in [6.45, 7) is 1.73. The van der Waals surface area contributed by atoms with E-state index in [1.54, 1.807) is 25.1 Å². The molecule has 0 atom stereocenters. The molecule has 0 saturated heterocycles. The van der Waals surface area contributed by atoms with Crippen molar-refractivity contribution in [1.29, 1.82) is 0 Å². The molecule has 0 amide bonds. The lowest BCUT2D eigenvalue weighted by Crippen LogP contribution is -2.02. The van der Waals surface area contributed by atoms with E-state index in [0.29, 0.717) is 22.3 Å². The number of rotatable bonds is 4. The second-order valence-corrected chi connectivity index (χ2v) is 3.56. The molecule has 0 unspecified atom stereocenters. The zero-order chi connectivity index (χ0) is 12.4. The molecule has 0 aliphatic heterocycles. The Morgan fingerprint density at radius 3 is 2.88 bits per heavy atom. The Morgan fingerprint density at radius 1 is 1.47 bits per heavy atom. The lowest BCUT2D eigenvalue weighted by atomic mass is 10.1. The first-order valence-corrected chi connectivity index (χ1v) is 5.14. The number of aryl methyl sites for hydroxylation is 1. The van der Waals surface area contributed by atoms with E-state index in [4.69, 9.17) is 19.4 Å². The number of ether oxygens (including phenoxy) is 1. The maximum absolute atomic E-state index is 10.9. The minimum absolute atomic E-state index is 0.0833. The Balaban J connectivity index is 2.58. The van der Waals surface area contributed by atoms with Crippen molar-refractivity contribution in [2.75, 3.05) is 13.2 Å². The van der Waals surface area contributed by atoms with Crippen molar-refractivity contribution in [3.63, 3.8) is 0 Å². The van der Waals surface area contributed by atoms with Crippen molar-refractivity contribution < 1.29 is 24.2 Å². The number of hydrogen-bond donors (Lipinski definition) is 2. The van der Waals surface area contributed by atoms with Gasteiger partial charge in [-0.1, -0.05) is 6.07 Å². The van der Waals surface area contributed by atoms with Crippen molar-refractivity contribution >= 4 is 16.9 Å². The van der Waals surface area contributed by atoms with Gasteiger partial charge in [-0.2, -0.15) is 0 Å². The highest BCUT2D eigenvalue weighted by Gasteiger charge is 2.19. The Morgan fingerprint density at radius 2 is 2.24 bits per heavy atom. The predicted octanol–water partition coefficient (Wildman–Crippen LogP) is 1.81. The fraction of sp³-hybridized carbons (Fsp3) is 0.250. The molecule has 1 heterocycles. The van der Waals surface area contributed by atoms with Gasteiger partial charge in [-0.05, 0) is 19.1 Å². The molecule has 2 rings (SSSR count). The third kappa shape index (κ3) is 1.97. The summed E-state index contributed by atoms with van der Waals surface area (Å²) in [4.78, 5) is 10.9. The van der Waals surface area contributed by atoms with Crippen LogP contribution < -0.4 is 4.74 Å². The first-order valence-electron chi connectivity index (χ1n) is 5.14. The van der Waals surface area contributed by atoms with Gasteiger partial charge in [0, 0.05) is 5.56 Å². The molecule has 0 aliphatic carbocycles. The van der Waals surface area contributed by atoms with Gasteiger partial charge in [0.15, 0.2) is 0 Å². The number of furan rings is 1. The maximum Gasteiger partial charge on any atom is 0.372 e. The molecule has 17 heavy (non-hydrogen) atoms. The van der Waals surface area contributed by atoms with Crippen molar-refractivity contribution in [3.05, 3.63) is 29.5 Å². The summed E-state index contributed by atoms with van der Waals surface area (Å²) >= 11 is 0. The summed E-state index contributed by atoms with van der Waals surface area (Å²) in [5.41, 5.74) is 0.997. The number of hydrogen-bond acceptors (Lipinski definition) is 4. The summed E-state index contributed by atoms with van der Waals surface area (Å²) in [6.07, 6.45) is 0. The van der Waals surface area contributed by atoms with Crippen LogP contribution in [0, 0.1) is 6.92 Å². The number of fused-ring (bicyclic) bond motifs is 1. The van der Waals surface area contributed by atoms with Crippen molar-refractivity contribution in [2.24, 2.45) is 0 Å². The van der Waals surface area contributed by atoms with Crippen molar-refractivity contribution in [1.82, 2.24) is 0 Å². The molecule has 0 radical (unpaired) electrons. The minimum Gasteiger partial charge on any atom is -0.490 e. The molecule has 0 bridgehead atoms. The first-order chi connectivity index (χ1) is 8.15. The lowest BCUT2D eigenvalue weighted by Gasteiger charge is -2.05. The quantitative estimate of drug-likeness (QED) is 0.846. The Labute approximate surface area is 97.2 Å². The Kier molecular flexibility index (Phi) is 3.01. The van der Waals surface area contributed by atoms with E-state index >= 15 is 0 Å². The van der Waals surface area contributed by atoms with E-state index in [0.717, 1.165) is 0 Å². The normalized spacial score (nSPS) is 10.7. The fourth-order valence-corrected chi connectivity index (χ4v) is 1.75. The molecule has 0 spiro atoms. The highest BCUT2D eigenvalue weighted by Crippen LogP contribution is 2.33. The summed E-state index contributed by atoms with van der Waals surface area (Å²) in [5, 5.41) is 18.3. The second kappa shape index (κ2) is 4.47. The van der Waals surface area contributed by atoms with Gasteiger partial charge < -0.3 is 19.4 Å². The third-order valence-corrected chi connectivity index (χ3v) is 2.46. The smallest absolute Gasteiger partial charge is 0.372 e. The van der Waals surface area contributed by atoms with Gasteiger partial charge in [0.05, 0.1) is 12.0 Å². The van der Waals surface area contributed by atoms with Crippen molar-refractivity contribution in [3.8, 4) is 5.75 Å². The summed E-state index contributed by atoms with van der Waals surface area (Å²) in [6, 6.07) is 5.11. The molecule has 0 fully saturated rings. The number of aliphatic hydroxyl groups is 1. The molecule has 1 aromatic carbocycles. The summed E-state index contributed by atoms with van der Waals surface area (Å²) in [7, 11) is 0. The molecule has 0 saturated carbocycles. The van der Waals surface area contributed by atoms with Gasteiger partial charge in [0.25, 0.3) is 0 Å². The van der Waals surface area contributed by atoms with Crippen LogP contribution in [0.15, 0.2) is 22.6 Å². The van der Waals surface area contributed by atoms with E-state index in [1.165, 1.54) is 0 Å². The first kappa shape index (κ1) is 11.5. The second-order valence-electron chi connectivity index (χ2n) is 3.56. The Hall–Kier alpha value is -2.01. The topological polar surface area (TPSA) is 79.9 Å². The molecule has 90 valence electrons. The third-order valence-electron chi connectivity index (χ3n) is 2.46. The average molecular weight is 236 g/mol. The van der Waals surface area contributed by atoms with Crippen LogP contribution in [-0.2, 0) is 0 Å². The molecular weight excluding hydrogens is 224 g/mol. The number of carbonyl (C=O) groups is 1. The van der Waals surface area contributed by atoms with Gasteiger partial charge in [0.2, 0.25) is 5.76 Å². The van der Waals surface area contributed by atoms with E-state index in [2.05, 4.69) is 0 Å². The molecule has 2 N–H and O–H groups in total. The van der Waals surface area contributed by atoms with Crippen LogP contribution in [0.1, 0.15) is 16.1 Å². The summed E-state index contributed by atoms with van der Waals surface area (Å²) in [5.74, 6) is -0.669. The van der Waals surface area contributed by atoms with Crippen LogP contribution in [0.5, 0.6) is 5.75 Å². The highest BCUT2D eigenvalue weighted by atomic mass is 16.5. The summed E-state index contributed by atoms with van der Waals surface area (Å²) < 4.78 is 10.6. The molecule has 2 aromatic rings. The standard InChI is InChI=1S/C12H12O5/c1-7-10-8(16-6-5-13)3-2-4-9(10)17-11(7)12(14)15/h2-4,13H,5-6H2,1H3,(H,14,15). The molecule has 5 nitrogen and oxygen atoms in total. The van der Waals surface area contributed by atoms with Gasteiger partial charge in [-0.3, -0.25) is 0 Å². The number of carboxylic acid groups (broad SMARTS) is 1. The van der Waals surface area contributed by atoms with Gasteiger partial charge >= 0.3 is 5.97 Å². The van der Waals surface area contributed by atoms with E-state index in [9.17, 15) is 4.79 Å². The van der Waals surface area contributed by atoms with Gasteiger partial charge in [0.1, 0.15) is 17.9 Å². The lowest BCUT2D eigenvalue weighted by molar-refractivity contribution is 0.0664. The van der Waals surface area contributed by atoms with Gasteiger partial charge in [-0.25, -0.2) is 4.79 Å². The number of benzene rings is 1. The monoisotopic (exact) mass is 236 g/mol. The zero-order valence-corrected chi connectivity index (χ0v) is 9.27. The zero-order valence-electron chi connectivity index (χ0n) is 9.27. The van der Waals surface area contributed by atoms with Crippen LogP contribution in [0.4, 0.5) is 0 Å². The molecule has 0 aliphatic rings. The molecule has 5 heteroatoms. The van der Waals surface area contributed by atoms with Crippen molar-refractivity contribution in [2.45, 2.75) is 6.92 Å². The highest BCUT2D eigenvalue weighted by molar-refractivity contribution is 5.97.